The van der Waals surface area contributed by atoms with Crippen molar-refractivity contribution in [2.75, 3.05) is 0 Å². The number of aryl methyl sites for hydroxylation is 1. The zero-order chi connectivity index (χ0) is 9.40. The Morgan fingerprint density at radius 3 is 2.00 bits per heavy atom. The lowest BCUT2D eigenvalue weighted by atomic mass is 10.2. The van der Waals surface area contributed by atoms with E-state index >= 15 is 0 Å². The third-order valence-electron chi connectivity index (χ3n) is 1.42. The van der Waals surface area contributed by atoms with Gasteiger partial charge in [-0.15, -0.1) is 0 Å². The second kappa shape index (κ2) is 6.65. The molecule has 0 saturated carbocycles. The molecular weight excluding hydrogens is 155 g/mol. The van der Waals surface area contributed by atoms with E-state index in [2.05, 4.69) is 4.94 Å². The lowest BCUT2D eigenvalue weighted by Crippen LogP contribution is -1.79. The molecule has 0 spiro atoms. The van der Waals surface area contributed by atoms with Gasteiger partial charge in [0.25, 0.3) is 0 Å². The van der Waals surface area contributed by atoms with Crippen LogP contribution in [0, 0.1) is 0 Å². The quantitative estimate of drug-likeness (QED) is 0.659. The van der Waals surface area contributed by atoms with Gasteiger partial charge in [-0.2, -0.15) is 0 Å². The molecule has 0 radical (unpaired) electrons. The monoisotopic (exact) mass is 170 g/mol. The second-order valence-electron chi connectivity index (χ2n) is 2.07. The smallest absolute Gasteiger partial charge is 0.171 e. The van der Waals surface area contributed by atoms with Crippen LogP contribution >= 0.6 is 0 Å². The summed E-state index contributed by atoms with van der Waals surface area (Å²) in [4.78, 5) is 3.51. The highest BCUT2D eigenvalue weighted by atomic mass is 19.3. The lowest BCUT2D eigenvalue weighted by molar-refractivity contribution is -0.00621. The standard InChI is InChI=1S/C8H9FO.C2H6/c1-2-7-3-5-8(10-9)6-4-7;1-2/h3-6H,2H2,1H3;1-2H3. The van der Waals surface area contributed by atoms with E-state index in [1.807, 2.05) is 32.9 Å². The number of rotatable bonds is 2. The van der Waals surface area contributed by atoms with Crippen LogP contribution in [0.5, 0.6) is 5.75 Å². The van der Waals surface area contributed by atoms with Crippen LogP contribution in [0.3, 0.4) is 0 Å². The summed E-state index contributed by atoms with van der Waals surface area (Å²) in [6, 6.07) is 6.90. The van der Waals surface area contributed by atoms with E-state index in [1.54, 1.807) is 12.1 Å². The van der Waals surface area contributed by atoms with Gasteiger partial charge in [-0.3, -0.25) is 4.94 Å². The molecular formula is C10H15FO. The van der Waals surface area contributed by atoms with Gasteiger partial charge in [-0.1, -0.05) is 32.9 Å². The topological polar surface area (TPSA) is 9.23 Å². The van der Waals surface area contributed by atoms with E-state index in [-0.39, 0.29) is 5.75 Å². The minimum atomic E-state index is 0.261. The van der Waals surface area contributed by atoms with Gasteiger partial charge < -0.3 is 0 Å². The van der Waals surface area contributed by atoms with Crippen LogP contribution < -0.4 is 4.94 Å². The minimum absolute atomic E-state index is 0.261. The summed E-state index contributed by atoms with van der Waals surface area (Å²) in [7, 11) is 0. The van der Waals surface area contributed by atoms with Gasteiger partial charge in [0.15, 0.2) is 5.75 Å². The van der Waals surface area contributed by atoms with Crippen LogP contribution in [0.25, 0.3) is 0 Å². The zero-order valence-corrected chi connectivity index (χ0v) is 7.80. The maximum atomic E-state index is 11.5. The van der Waals surface area contributed by atoms with Crippen molar-refractivity contribution >= 4 is 0 Å². The van der Waals surface area contributed by atoms with Gasteiger partial charge in [0.05, 0.1) is 0 Å². The fourth-order valence-electron chi connectivity index (χ4n) is 0.777. The van der Waals surface area contributed by atoms with Crippen LogP contribution in [0.2, 0.25) is 0 Å². The molecule has 0 aromatic heterocycles. The highest BCUT2D eigenvalue weighted by molar-refractivity contribution is 5.26. The molecule has 1 aromatic rings. The highest BCUT2D eigenvalue weighted by Gasteiger charge is 1.91. The Balaban J connectivity index is 0.000000561. The van der Waals surface area contributed by atoms with Crippen molar-refractivity contribution in [3.8, 4) is 5.75 Å². The molecule has 2 heteroatoms. The second-order valence-corrected chi connectivity index (χ2v) is 2.07. The Morgan fingerprint density at radius 1 is 1.17 bits per heavy atom. The van der Waals surface area contributed by atoms with Crippen molar-refractivity contribution in [3.05, 3.63) is 29.8 Å². The third-order valence-corrected chi connectivity index (χ3v) is 1.42. The maximum absolute atomic E-state index is 11.5. The Labute approximate surface area is 73.1 Å². The molecule has 1 rings (SSSR count). The molecule has 0 atom stereocenters. The third kappa shape index (κ3) is 3.37. The van der Waals surface area contributed by atoms with Gasteiger partial charge in [-0.25, -0.2) is 0 Å². The summed E-state index contributed by atoms with van der Waals surface area (Å²) in [5.74, 6) is 0.261. The first-order valence-corrected chi connectivity index (χ1v) is 4.24. The SMILES string of the molecule is CC.CCc1ccc(OF)cc1. The molecule has 0 aliphatic carbocycles. The fraction of sp³-hybridized carbons (Fsp3) is 0.400. The molecule has 0 N–H and O–H groups in total. The molecule has 0 fully saturated rings. The zero-order valence-electron chi connectivity index (χ0n) is 7.80. The van der Waals surface area contributed by atoms with E-state index in [0.717, 1.165) is 6.42 Å². The molecule has 0 aliphatic heterocycles. The van der Waals surface area contributed by atoms with Crippen LogP contribution in [-0.2, 0) is 6.42 Å². The van der Waals surface area contributed by atoms with Crippen molar-refractivity contribution in [2.24, 2.45) is 0 Å². The number of halogens is 1. The van der Waals surface area contributed by atoms with Gasteiger partial charge in [0.1, 0.15) is 0 Å². The molecule has 0 unspecified atom stereocenters. The summed E-state index contributed by atoms with van der Waals surface area (Å²) in [6.45, 7) is 6.05. The summed E-state index contributed by atoms with van der Waals surface area (Å²) in [5, 5.41) is 0. The van der Waals surface area contributed by atoms with Crippen molar-refractivity contribution in [2.45, 2.75) is 27.2 Å². The van der Waals surface area contributed by atoms with Crippen LogP contribution in [0.15, 0.2) is 24.3 Å². The van der Waals surface area contributed by atoms with Crippen LogP contribution in [0.1, 0.15) is 26.3 Å². The number of hydrogen-bond acceptors (Lipinski definition) is 1. The molecule has 0 aliphatic rings. The van der Waals surface area contributed by atoms with Crippen molar-refractivity contribution < 1.29 is 9.47 Å². The number of benzene rings is 1. The van der Waals surface area contributed by atoms with Gasteiger partial charge >= 0.3 is 0 Å². The summed E-state index contributed by atoms with van der Waals surface area (Å²) in [5.41, 5.74) is 1.18. The summed E-state index contributed by atoms with van der Waals surface area (Å²) >= 11 is 0. The average molecular weight is 170 g/mol. The van der Waals surface area contributed by atoms with Crippen molar-refractivity contribution in [1.82, 2.24) is 0 Å². The largest absolute Gasteiger partial charge is 0.294 e. The van der Waals surface area contributed by atoms with Crippen LogP contribution in [-0.4, -0.2) is 0 Å². The highest BCUT2D eigenvalue weighted by Crippen LogP contribution is 2.12. The van der Waals surface area contributed by atoms with E-state index < -0.39 is 0 Å². The molecule has 0 amide bonds. The predicted molar refractivity (Wildman–Crippen MR) is 48.9 cm³/mol. The van der Waals surface area contributed by atoms with E-state index in [9.17, 15) is 4.53 Å². The Morgan fingerprint density at radius 2 is 1.67 bits per heavy atom. The molecule has 0 saturated heterocycles. The predicted octanol–water partition coefficient (Wildman–Crippen LogP) is 3.54. The average Bonchev–Trinajstić information content (AvgIpc) is 2.21. The molecule has 0 bridgehead atoms. The van der Waals surface area contributed by atoms with Crippen LogP contribution in [0.4, 0.5) is 4.53 Å². The normalized spacial score (nSPS) is 8.33. The van der Waals surface area contributed by atoms with E-state index in [4.69, 9.17) is 0 Å². The first kappa shape index (κ1) is 11.0. The Bertz CT molecular complexity index is 170. The molecule has 0 heterocycles. The molecule has 1 aromatic carbocycles. The fourth-order valence-corrected chi connectivity index (χ4v) is 0.777. The van der Waals surface area contributed by atoms with Gasteiger partial charge in [0.2, 0.25) is 0 Å². The van der Waals surface area contributed by atoms with Crippen molar-refractivity contribution in [1.29, 1.82) is 0 Å². The number of hydrogen-bond donors (Lipinski definition) is 0. The maximum Gasteiger partial charge on any atom is 0.171 e. The molecule has 68 valence electrons. The Kier molecular flexibility index (Phi) is 6.07. The molecule has 12 heavy (non-hydrogen) atoms. The Hall–Kier alpha value is -1.05. The first-order chi connectivity index (χ1) is 5.86. The van der Waals surface area contributed by atoms with Gasteiger partial charge in [0, 0.05) is 4.53 Å². The van der Waals surface area contributed by atoms with Gasteiger partial charge in [-0.05, 0) is 24.1 Å². The van der Waals surface area contributed by atoms with Crippen molar-refractivity contribution in [3.63, 3.8) is 0 Å². The lowest BCUT2D eigenvalue weighted by Gasteiger charge is -1.95. The first-order valence-electron chi connectivity index (χ1n) is 4.24. The van der Waals surface area contributed by atoms with E-state index in [0.29, 0.717) is 0 Å². The summed E-state index contributed by atoms with van der Waals surface area (Å²) < 4.78 is 11.5. The summed E-state index contributed by atoms with van der Waals surface area (Å²) in [6.07, 6.45) is 0.965. The molecule has 1 nitrogen and oxygen atoms in total. The minimum Gasteiger partial charge on any atom is -0.294 e. The van der Waals surface area contributed by atoms with E-state index in [1.165, 1.54) is 5.56 Å².